The molecule has 0 unspecified atom stereocenters. The molecule has 11 heavy (non-hydrogen) atoms. The van der Waals surface area contributed by atoms with Gasteiger partial charge in [0, 0.05) is 0 Å². The van der Waals surface area contributed by atoms with Crippen LogP contribution in [0, 0.1) is 5.82 Å². The minimum atomic E-state index is -0.290. The normalized spacial score (nSPS) is 10.2. The molecule has 1 aromatic rings. The number of rotatable bonds is 1. The molecule has 0 N–H and O–H groups in total. The monoisotopic (exact) mass is 192 g/mol. The molecule has 0 heterocycles. The van der Waals surface area contributed by atoms with Crippen molar-refractivity contribution >= 4 is 23.2 Å². The van der Waals surface area contributed by atoms with Crippen LogP contribution in [0.4, 0.5) is 4.39 Å². The van der Waals surface area contributed by atoms with Crippen LogP contribution in [0.1, 0.15) is 12.5 Å². The Morgan fingerprint density at radius 3 is 2.36 bits per heavy atom. The highest BCUT2D eigenvalue weighted by atomic mass is 35.5. The average Bonchev–Trinajstić information content (AvgIpc) is 1.97. The molecular formula is C8H7Cl2F. The van der Waals surface area contributed by atoms with Crippen molar-refractivity contribution in [3.63, 3.8) is 0 Å². The van der Waals surface area contributed by atoms with E-state index in [2.05, 4.69) is 0 Å². The minimum Gasteiger partial charge on any atom is -0.207 e. The largest absolute Gasteiger partial charge is 0.207 e. The highest BCUT2D eigenvalue weighted by Crippen LogP contribution is 2.25. The predicted octanol–water partition coefficient (Wildman–Crippen LogP) is 3.69. The second-order valence-electron chi connectivity index (χ2n) is 2.21. The molecule has 1 aromatic carbocycles. The van der Waals surface area contributed by atoms with Gasteiger partial charge in [0.2, 0.25) is 0 Å². The quantitative estimate of drug-likeness (QED) is 0.596. The lowest BCUT2D eigenvalue weighted by Gasteiger charge is -2.01. The zero-order valence-corrected chi connectivity index (χ0v) is 7.51. The number of aryl methyl sites for hydroxylation is 1. The summed E-state index contributed by atoms with van der Waals surface area (Å²) in [5.74, 6) is -0.290. The van der Waals surface area contributed by atoms with Crippen LogP contribution in [0.25, 0.3) is 0 Å². The molecule has 0 aliphatic heterocycles. The zero-order valence-electron chi connectivity index (χ0n) is 6.00. The summed E-state index contributed by atoms with van der Waals surface area (Å²) in [5, 5.41) is 0.672. The lowest BCUT2D eigenvalue weighted by atomic mass is 10.1. The van der Waals surface area contributed by atoms with Gasteiger partial charge in [-0.25, -0.2) is 4.39 Å². The van der Waals surface area contributed by atoms with Crippen LogP contribution < -0.4 is 0 Å². The van der Waals surface area contributed by atoms with Gasteiger partial charge in [0.1, 0.15) is 5.82 Å². The predicted molar refractivity (Wildman–Crippen MR) is 45.8 cm³/mol. The van der Waals surface area contributed by atoms with Gasteiger partial charge >= 0.3 is 0 Å². The molecule has 0 spiro atoms. The van der Waals surface area contributed by atoms with E-state index in [4.69, 9.17) is 23.2 Å². The first-order chi connectivity index (χ1) is 5.15. The Morgan fingerprint density at radius 2 is 1.82 bits per heavy atom. The van der Waals surface area contributed by atoms with Crippen molar-refractivity contribution in [2.75, 3.05) is 0 Å². The Labute approximate surface area is 74.9 Å². The van der Waals surface area contributed by atoms with Crippen molar-refractivity contribution in [1.29, 1.82) is 0 Å². The Hall–Kier alpha value is -0.270. The van der Waals surface area contributed by atoms with Crippen molar-refractivity contribution in [3.8, 4) is 0 Å². The fourth-order valence-electron chi connectivity index (χ4n) is 0.835. The van der Waals surface area contributed by atoms with Crippen molar-refractivity contribution in [1.82, 2.24) is 0 Å². The molecule has 0 aliphatic carbocycles. The Bertz CT molecular complexity index is 271. The first-order valence-corrected chi connectivity index (χ1v) is 4.04. The molecule has 0 amide bonds. The van der Waals surface area contributed by atoms with E-state index in [1.54, 1.807) is 6.07 Å². The molecule has 60 valence electrons. The maximum absolute atomic E-state index is 12.9. The zero-order chi connectivity index (χ0) is 8.43. The van der Waals surface area contributed by atoms with E-state index < -0.39 is 0 Å². The minimum absolute atomic E-state index is 0.265. The van der Waals surface area contributed by atoms with Crippen molar-refractivity contribution in [2.24, 2.45) is 0 Å². The molecule has 0 nitrogen and oxygen atoms in total. The van der Waals surface area contributed by atoms with Gasteiger partial charge in [-0.15, -0.1) is 0 Å². The highest BCUT2D eigenvalue weighted by molar-refractivity contribution is 6.42. The van der Waals surface area contributed by atoms with Crippen LogP contribution >= 0.6 is 23.2 Å². The number of hydrogen-bond donors (Lipinski definition) is 0. The first-order valence-electron chi connectivity index (χ1n) is 3.28. The highest BCUT2D eigenvalue weighted by Gasteiger charge is 2.04. The van der Waals surface area contributed by atoms with Gasteiger partial charge < -0.3 is 0 Å². The van der Waals surface area contributed by atoms with E-state index in [0.29, 0.717) is 17.0 Å². The lowest BCUT2D eigenvalue weighted by molar-refractivity contribution is 0.612. The van der Waals surface area contributed by atoms with E-state index in [0.717, 1.165) is 0 Å². The molecule has 0 bridgehead atoms. The van der Waals surface area contributed by atoms with Crippen molar-refractivity contribution in [3.05, 3.63) is 33.6 Å². The van der Waals surface area contributed by atoms with Crippen molar-refractivity contribution in [2.45, 2.75) is 13.3 Å². The van der Waals surface area contributed by atoms with Gasteiger partial charge in [0.05, 0.1) is 10.0 Å². The van der Waals surface area contributed by atoms with Gasteiger partial charge in [0.15, 0.2) is 0 Å². The lowest BCUT2D eigenvalue weighted by Crippen LogP contribution is -1.87. The molecule has 0 aromatic heterocycles. The van der Waals surface area contributed by atoms with E-state index in [1.165, 1.54) is 6.07 Å². The first kappa shape index (κ1) is 8.82. The Morgan fingerprint density at radius 1 is 1.27 bits per heavy atom. The van der Waals surface area contributed by atoms with Gasteiger partial charge in [-0.2, -0.15) is 0 Å². The van der Waals surface area contributed by atoms with E-state index in [1.807, 2.05) is 6.92 Å². The molecule has 0 radical (unpaired) electrons. The smallest absolute Gasteiger partial charge is 0.127 e. The summed E-state index contributed by atoms with van der Waals surface area (Å²) in [7, 11) is 0. The Kier molecular flexibility index (Phi) is 2.74. The third kappa shape index (κ3) is 1.85. The molecule has 0 aliphatic rings. The summed E-state index contributed by atoms with van der Waals surface area (Å²) in [5.41, 5.74) is 0.597. The second-order valence-corrected chi connectivity index (χ2v) is 3.03. The molecule has 3 heteroatoms. The Balaban J connectivity index is 3.21. The van der Waals surface area contributed by atoms with Crippen molar-refractivity contribution < 1.29 is 4.39 Å². The summed E-state index contributed by atoms with van der Waals surface area (Å²) in [4.78, 5) is 0. The van der Waals surface area contributed by atoms with Crippen LogP contribution in [0.5, 0.6) is 0 Å². The number of halogens is 3. The van der Waals surface area contributed by atoms with Crippen LogP contribution in [0.2, 0.25) is 10.0 Å². The van der Waals surface area contributed by atoms with Crippen LogP contribution in [0.3, 0.4) is 0 Å². The molecule has 0 saturated heterocycles. The van der Waals surface area contributed by atoms with Crippen LogP contribution in [-0.4, -0.2) is 0 Å². The average molecular weight is 193 g/mol. The summed E-state index contributed by atoms with van der Waals surface area (Å²) >= 11 is 11.2. The van der Waals surface area contributed by atoms with Gasteiger partial charge in [-0.3, -0.25) is 0 Å². The standard InChI is InChI=1S/C8H7Cl2F/c1-2-5-3-6(9)7(10)4-8(5)11/h3-4H,2H2,1H3. The maximum atomic E-state index is 12.9. The molecule has 0 atom stereocenters. The number of benzene rings is 1. The van der Waals surface area contributed by atoms with Gasteiger partial charge in [-0.05, 0) is 24.1 Å². The third-order valence-electron chi connectivity index (χ3n) is 1.47. The third-order valence-corrected chi connectivity index (χ3v) is 2.19. The van der Waals surface area contributed by atoms with Gasteiger partial charge in [0.25, 0.3) is 0 Å². The second kappa shape index (κ2) is 3.42. The molecular weight excluding hydrogens is 186 g/mol. The van der Waals surface area contributed by atoms with Crippen LogP contribution in [-0.2, 0) is 6.42 Å². The van der Waals surface area contributed by atoms with Crippen LogP contribution in [0.15, 0.2) is 12.1 Å². The fourth-order valence-corrected chi connectivity index (χ4v) is 1.17. The summed E-state index contributed by atoms with van der Waals surface area (Å²) in [6, 6.07) is 2.79. The number of hydrogen-bond acceptors (Lipinski definition) is 0. The topological polar surface area (TPSA) is 0 Å². The van der Waals surface area contributed by atoms with E-state index >= 15 is 0 Å². The SMILES string of the molecule is CCc1cc(Cl)c(Cl)cc1F. The molecule has 0 saturated carbocycles. The summed E-state index contributed by atoms with van der Waals surface area (Å²) in [6.07, 6.45) is 0.628. The van der Waals surface area contributed by atoms with Gasteiger partial charge in [-0.1, -0.05) is 30.1 Å². The maximum Gasteiger partial charge on any atom is 0.127 e. The summed E-state index contributed by atoms with van der Waals surface area (Å²) in [6.45, 7) is 1.86. The molecule has 0 fully saturated rings. The van der Waals surface area contributed by atoms with E-state index in [-0.39, 0.29) is 10.8 Å². The fraction of sp³-hybridized carbons (Fsp3) is 0.250. The summed E-state index contributed by atoms with van der Waals surface area (Å²) < 4.78 is 12.9. The molecule has 1 rings (SSSR count). The van der Waals surface area contributed by atoms with E-state index in [9.17, 15) is 4.39 Å².